The zero-order valence-corrected chi connectivity index (χ0v) is 17.9. The Labute approximate surface area is 171 Å². The van der Waals surface area contributed by atoms with Crippen LogP contribution in [0.3, 0.4) is 0 Å². The summed E-state index contributed by atoms with van der Waals surface area (Å²) in [6.07, 6.45) is 7.56. The second-order valence-electron chi connectivity index (χ2n) is 9.02. The van der Waals surface area contributed by atoms with E-state index in [9.17, 15) is 17.6 Å². The van der Waals surface area contributed by atoms with Crippen LogP contribution >= 0.6 is 0 Å². The lowest BCUT2D eigenvalue weighted by molar-refractivity contribution is -0.00353. The summed E-state index contributed by atoms with van der Waals surface area (Å²) in [7, 11) is -3.75. The smallest absolute Gasteiger partial charge is 0.267 e. The van der Waals surface area contributed by atoms with E-state index in [-0.39, 0.29) is 17.6 Å². The van der Waals surface area contributed by atoms with Crippen molar-refractivity contribution in [2.45, 2.75) is 58.2 Å². The fourth-order valence-corrected chi connectivity index (χ4v) is 5.34. The third kappa shape index (κ3) is 4.40. The van der Waals surface area contributed by atoms with Crippen molar-refractivity contribution in [2.75, 3.05) is 6.26 Å². The number of hydrogen-bond donors (Lipinski definition) is 1. The second-order valence-corrected chi connectivity index (χ2v) is 10.8. The van der Waals surface area contributed by atoms with E-state index in [1.165, 1.54) is 17.7 Å². The maximum atomic E-state index is 14.7. The molecule has 4 atom stereocenters. The van der Waals surface area contributed by atoms with Crippen molar-refractivity contribution in [3.8, 4) is 0 Å². The molecule has 1 aromatic carbocycles. The molecule has 0 saturated heterocycles. The first-order chi connectivity index (χ1) is 13.6. The summed E-state index contributed by atoms with van der Waals surface area (Å²) in [4.78, 5) is 12.2. The highest BCUT2D eigenvalue weighted by Gasteiger charge is 2.40. The van der Waals surface area contributed by atoms with E-state index >= 15 is 0 Å². The lowest BCUT2D eigenvalue weighted by Gasteiger charge is -2.24. The highest BCUT2D eigenvalue weighted by molar-refractivity contribution is 7.89. The van der Waals surface area contributed by atoms with Crippen LogP contribution in [0.25, 0.3) is 0 Å². The van der Waals surface area contributed by atoms with Crippen LogP contribution in [0.15, 0.2) is 23.8 Å². The Balaban J connectivity index is 1.54. The number of carbonyl (C=O) groups excluding carboxylic acids is 1. The van der Waals surface area contributed by atoms with Gasteiger partial charge in [0, 0.05) is 11.8 Å². The third-order valence-electron chi connectivity index (χ3n) is 6.39. The van der Waals surface area contributed by atoms with E-state index in [4.69, 9.17) is 4.74 Å². The van der Waals surface area contributed by atoms with Gasteiger partial charge in [-0.1, -0.05) is 25.5 Å². The topological polar surface area (TPSA) is 72.5 Å². The lowest BCUT2D eigenvalue weighted by atomic mass is 9.88. The van der Waals surface area contributed by atoms with Crippen LogP contribution in [0.5, 0.6) is 0 Å². The van der Waals surface area contributed by atoms with E-state index in [0.717, 1.165) is 43.1 Å². The van der Waals surface area contributed by atoms with Crippen molar-refractivity contribution in [3.05, 3.63) is 46.3 Å². The number of fused-ring (bicyclic) bond motifs is 1. The summed E-state index contributed by atoms with van der Waals surface area (Å²) < 4.78 is 45.5. The molecule has 1 N–H and O–H groups in total. The number of carbonyl (C=O) groups is 1. The van der Waals surface area contributed by atoms with Crippen LogP contribution in [-0.2, 0) is 21.4 Å². The van der Waals surface area contributed by atoms with Gasteiger partial charge < -0.3 is 4.74 Å². The largest absolute Gasteiger partial charge is 0.372 e. The predicted molar refractivity (Wildman–Crippen MR) is 108 cm³/mol. The summed E-state index contributed by atoms with van der Waals surface area (Å²) in [6, 6.07) is 2.85. The molecule has 4 unspecified atom stereocenters. The minimum Gasteiger partial charge on any atom is -0.372 e. The number of nitrogens with one attached hydrogen (secondary N) is 1. The molecule has 29 heavy (non-hydrogen) atoms. The quantitative estimate of drug-likeness (QED) is 0.707. The Kier molecular flexibility index (Phi) is 5.32. The lowest BCUT2D eigenvalue weighted by Crippen LogP contribution is -2.30. The van der Waals surface area contributed by atoms with Crippen LogP contribution in [-0.4, -0.2) is 26.7 Å². The number of ether oxygens (including phenoxy) is 1. The highest BCUT2D eigenvalue weighted by Crippen LogP contribution is 2.46. The molecule has 2 bridgehead atoms. The van der Waals surface area contributed by atoms with Gasteiger partial charge in [-0.3, -0.25) is 4.79 Å². The van der Waals surface area contributed by atoms with Gasteiger partial charge in [-0.15, -0.1) is 0 Å². The molecule has 3 aliphatic carbocycles. The van der Waals surface area contributed by atoms with Crippen LogP contribution < -0.4 is 4.72 Å². The Bertz CT molecular complexity index is 967. The molecule has 1 saturated carbocycles. The molecule has 4 rings (SSSR count). The summed E-state index contributed by atoms with van der Waals surface area (Å²) in [5, 5.41) is 0. The van der Waals surface area contributed by atoms with Gasteiger partial charge >= 0.3 is 0 Å². The highest BCUT2D eigenvalue weighted by atomic mass is 32.2. The molecule has 0 radical (unpaired) electrons. The molecule has 1 amide bonds. The van der Waals surface area contributed by atoms with Gasteiger partial charge in [0.1, 0.15) is 5.82 Å². The van der Waals surface area contributed by atoms with Gasteiger partial charge in [0.25, 0.3) is 5.91 Å². The molecular formula is C22H28FNO4S. The van der Waals surface area contributed by atoms with Crippen LogP contribution in [0, 0.1) is 23.6 Å². The number of benzene rings is 1. The van der Waals surface area contributed by atoms with Crippen molar-refractivity contribution in [2.24, 2.45) is 17.8 Å². The van der Waals surface area contributed by atoms with Gasteiger partial charge in [0.05, 0.1) is 24.5 Å². The average Bonchev–Trinajstić information content (AvgIpc) is 3.41. The van der Waals surface area contributed by atoms with Crippen LogP contribution in [0.2, 0.25) is 0 Å². The second kappa shape index (κ2) is 7.51. The van der Waals surface area contributed by atoms with E-state index in [0.29, 0.717) is 24.4 Å². The first-order valence-electron chi connectivity index (χ1n) is 10.3. The van der Waals surface area contributed by atoms with E-state index < -0.39 is 21.7 Å². The number of sulfonamides is 1. The van der Waals surface area contributed by atoms with E-state index in [1.807, 2.05) is 4.72 Å². The molecule has 3 aliphatic rings. The summed E-state index contributed by atoms with van der Waals surface area (Å²) in [6.45, 7) is 4.78. The maximum absolute atomic E-state index is 14.7. The average molecular weight is 422 g/mol. The minimum atomic E-state index is -3.75. The van der Waals surface area contributed by atoms with Crippen molar-refractivity contribution in [1.29, 1.82) is 0 Å². The predicted octanol–water partition coefficient (Wildman–Crippen LogP) is 3.90. The molecule has 0 spiro atoms. The zero-order chi connectivity index (χ0) is 20.9. The van der Waals surface area contributed by atoms with Crippen molar-refractivity contribution >= 4 is 15.9 Å². The Hall–Kier alpha value is -1.73. The number of amides is 1. The van der Waals surface area contributed by atoms with Crippen LogP contribution in [0.1, 0.15) is 66.9 Å². The monoisotopic (exact) mass is 421 g/mol. The molecule has 1 aromatic rings. The molecule has 0 aliphatic heterocycles. The van der Waals surface area contributed by atoms with Gasteiger partial charge in [-0.25, -0.2) is 17.5 Å². The van der Waals surface area contributed by atoms with Crippen molar-refractivity contribution in [1.82, 2.24) is 4.72 Å². The molecule has 158 valence electrons. The van der Waals surface area contributed by atoms with Crippen molar-refractivity contribution < 1.29 is 22.3 Å². The van der Waals surface area contributed by atoms with Gasteiger partial charge in [0.2, 0.25) is 10.0 Å². The Morgan fingerprint density at radius 3 is 2.66 bits per heavy atom. The van der Waals surface area contributed by atoms with E-state index in [2.05, 4.69) is 19.9 Å². The van der Waals surface area contributed by atoms with Crippen LogP contribution in [0.4, 0.5) is 4.39 Å². The van der Waals surface area contributed by atoms with Gasteiger partial charge in [0.15, 0.2) is 0 Å². The number of rotatable bonds is 6. The first-order valence-corrected chi connectivity index (χ1v) is 12.2. The van der Waals surface area contributed by atoms with E-state index in [1.54, 1.807) is 0 Å². The fourth-order valence-electron chi connectivity index (χ4n) is 4.89. The minimum absolute atomic E-state index is 0.110. The molecular weight excluding hydrogens is 393 g/mol. The molecule has 0 heterocycles. The molecule has 7 heteroatoms. The zero-order valence-electron chi connectivity index (χ0n) is 17.1. The first kappa shape index (κ1) is 20.5. The van der Waals surface area contributed by atoms with Gasteiger partial charge in [-0.05, 0) is 60.8 Å². The molecule has 0 aromatic heterocycles. The Morgan fingerprint density at radius 1 is 1.28 bits per heavy atom. The third-order valence-corrected chi connectivity index (χ3v) is 6.94. The summed E-state index contributed by atoms with van der Waals surface area (Å²) in [5.74, 6) is 0.0830. The SMILES string of the molecule is CC1CC2=CC(C1)C(OCc1cc(F)c(C(=O)NS(C)(=O)=O)cc1C1CC1)C2C. The fraction of sp³-hybridized carbons (Fsp3) is 0.591. The normalized spacial score (nSPS) is 28.9. The number of hydrogen-bond acceptors (Lipinski definition) is 4. The Morgan fingerprint density at radius 2 is 2.00 bits per heavy atom. The molecule has 5 nitrogen and oxygen atoms in total. The number of halogens is 1. The van der Waals surface area contributed by atoms with Gasteiger partial charge in [-0.2, -0.15) is 0 Å². The summed E-state index contributed by atoms with van der Waals surface area (Å²) >= 11 is 0. The van der Waals surface area contributed by atoms with Crippen molar-refractivity contribution in [3.63, 3.8) is 0 Å². The standard InChI is InChI=1S/C22H28FNO4S/c1-12-6-15-8-16(7-12)21(13(15)2)28-11-17-9-20(23)19(10-18(17)14-4-5-14)22(25)24-29(3,26)27/h8-10,12-14,16,21H,4-7,11H2,1-3H3,(H,24,25). The molecule has 1 fully saturated rings. The maximum Gasteiger partial charge on any atom is 0.267 e. The summed E-state index contributed by atoms with van der Waals surface area (Å²) in [5.41, 5.74) is 2.89.